The maximum atomic E-state index is 12.2. The molecule has 1 unspecified atom stereocenters. The van der Waals surface area contributed by atoms with E-state index in [1.807, 2.05) is 39.1 Å². The van der Waals surface area contributed by atoms with E-state index in [9.17, 15) is 9.59 Å². The Hall–Kier alpha value is -1.56. The van der Waals surface area contributed by atoms with E-state index in [2.05, 4.69) is 5.32 Å². The number of likely N-dealkylation sites (tertiary alicyclic amines) is 1. The van der Waals surface area contributed by atoms with Gasteiger partial charge in [-0.3, -0.25) is 4.79 Å². The number of hydrogen-bond acceptors (Lipinski definition) is 4. The predicted molar refractivity (Wildman–Crippen MR) is 82.7 cm³/mol. The van der Waals surface area contributed by atoms with Crippen LogP contribution in [-0.4, -0.2) is 41.6 Å². The molecule has 1 saturated heterocycles. The van der Waals surface area contributed by atoms with Crippen LogP contribution in [0.15, 0.2) is 11.4 Å². The molecule has 0 saturated carbocycles. The molecule has 0 spiro atoms. The second-order valence-electron chi connectivity index (χ2n) is 6.32. The van der Waals surface area contributed by atoms with Crippen molar-refractivity contribution in [3.05, 3.63) is 21.9 Å². The molecule has 1 fully saturated rings. The number of nitrogens with one attached hydrogen (secondary N) is 1. The number of carbonyl (C=O) groups is 2. The van der Waals surface area contributed by atoms with Gasteiger partial charge < -0.3 is 15.0 Å². The molecule has 5 nitrogen and oxygen atoms in total. The van der Waals surface area contributed by atoms with Gasteiger partial charge in [0.15, 0.2) is 0 Å². The molecule has 2 rings (SSSR count). The van der Waals surface area contributed by atoms with Crippen molar-refractivity contribution >= 4 is 23.3 Å². The van der Waals surface area contributed by atoms with Gasteiger partial charge >= 0.3 is 6.09 Å². The lowest BCUT2D eigenvalue weighted by molar-refractivity contribution is 0.0290. The largest absolute Gasteiger partial charge is 0.444 e. The Kier molecular flexibility index (Phi) is 4.56. The van der Waals surface area contributed by atoms with Crippen LogP contribution in [0.25, 0.3) is 0 Å². The Labute approximate surface area is 129 Å². The fourth-order valence-electron chi connectivity index (χ4n) is 2.23. The second kappa shape index (κ2) is 6.05. The van der Waals surface area contributed by atoms with E-state index in [1.165, 1.54) is 11.3 Å². The van der Waals surface area contributed by atoms with Gasteiger partial charge in [0.2, 0.25) is 0 Å². The van der Waals surface area contributed by atoms with Crippen LogP contribution in [0.4, 0.5) is 4.79 Å². The third kappa shape index (κ3) is 4.20. The van der Waals surface area contributed by atoms with Crippen molar-refractivity contribution in [3.8, 4) is 0 Å². The van der Waals surface area contributed by atoms with Crippen LogP contribution < -0.4 is 5.32 Å². The summed E-state index contributed by atoms with van der Waals surface area (Å²) in [6.45, 7) is 8.58. The topological polar surface area (TPSA) is 58.6 Å². The summed E-state index contributed by atoms with van der Waals surface area (Å²) in [5.41, 5.74) is 0.492. The molecule has 21 heavy (non-hydrogen) atoms. The molecule has 1 aliphatic rings. The maximum Gasteiger partial charge on any atom is 0.410 e. The SMILES string of the molecule is Cc1ccsc1C(=O)NC1CCN(C(=O)OC(C)(C)C)C1. The molecule has 1 aromatic rings. The molecular weight excluding hydrogens is 288 g/mol. The summed E-state index contributed by atoms with van der Waals surface area (Å²) in [6.07, 6.45) is 0.446. The van der Waals surface area contributed by atoms with E-state index >= 15 is 0 Å². The first-order valence-corrected chi connectivity index (χ1v) is 7.97. The first kappa shape index (κ1) is 15.8. The monoisotopic (exact) mass is 310 g/mol. The summed E-state index contributed by atoms with van der Waals surface area (Å²) in [6, 6.07) is 1.92. The summed E-state index contributed by atoms with van der Waals surface area (Å²) in [4.78, 5) is 26.5. The summed E-state index contributed by atoms with van der Waals surface area (Å²) < 4.78 is 5.34. The number of ether oxygens (including phenoxy) is 1. The molecule has 2 heterocycles. The number of thiophene rings is 1. The van der Waals surface area contributed by atoms with E-state index in [1.54, 1.807) is 4.90 Å². The van der Waals surface area contributed by atoms with Crippen LogP contribution >= 0.6 is 11.3 Å². The van der Waals surface area contributed by atoms with Gasteiger partial charge in [-0.1, -0.05) is 0 Å². The normalized spacial score (nSPS) is 18.7. The highest BCUT2D eigenvalue weighted by Crippen LogP contribution is 2.18. The third-order valence-electron chi connectivity index (χ3n) is 3.24. The molecular formula is C15H22N2O3S. The Morgan fingerprint density at radius 1 is 1.43 bits per heavy atom. The fraction of sp³-hybridized carbons (Fsp3) is 0.600. The molecule has 0 bridgehead atoms. The number of hydrogen-bond donors (Lipinski definition) is 1. The smallest absolute Gasteiger partial charge is 0.410 e. The van der Waals surface area contributed by atoms with E-state index < -0.39 is 5.60 Å². The predicted octanol–water partition coefficient (Wildman–Crippen LogP) is 2.80. The fourth-order valence-corrected chi connectivity index (χ4v) is 3.05. The summed E-state index contributed by atoms with van der Waals surface area (Å²) in [5.74, 6) is -0.0569. The summed E-state index contributed by atoms with van der Waals surface area (Å²) >= 11 is 1.44. The average Bonchev–Trinajstić information content (AvgIpc) is 2.95. The number of rotatable bonds is 2. The van der Waals surface area contributed by atoms with Crippen LogP contribution in [0.5, 0.6) is 0 Å². The van der Waals surface area contributed by atoms with Crippen LogP contribution in [0, 0.1) is 6.92 Å². The van der Waals surface area contributed by atoms with E-state index in [-0.39, 0.29) is 18.0 Å². The Balaban J connectivity index is 1.87. The molecule has 116 valence electrons. The van der Waals surface area contributed by atoms with Gasteiger partial charge in [-0.25, -0.2) is 4.79 Å². The number of carbonyl (C=O) groups excluding carboxylic acids is 2. The molecule has 6 heteroatoms. The van der Waals surface area contributed by atoms with E-state index in [4.69, 9.17) is 4.74 Å². The van der Waals surface area contributed by atoms with Gasteiger partial charge in [-0.05, 0) is 51.1 Å². The standard InChI is InChI=1S/C15H22N2O3S/c1-10-6-8-21-12(10)13(18)16-11-5-7-17(9-11)14(19)20-15(2,3)4/h6,8,11H,5,7,9H2,1-4H3,(H,16,18). The number of aryl methyl sites for hydroxylation is 1. The summed E-state index contributed by atoms with van der Waals surface area (Å²) in [5, 5.41) is 4.90. The minimum Gasteiger partial charge on any atom is -0.444 e. The van der Waals surface area contributed by atoms with Gasteiger partial charge in [0.25, 0.3) is 5.91 Å². The number of amides is 2. The number of nitrogens with zero attached hydrogens (tertiary/aromatic N) is 1. The summed E-state index contributed by atoms with van der Waals surface area (Å²) in [7, 11) is 0. The van der Waals surface area contributed by atoms with Crippen molar-refractivity contribution in [2.75, 3.05) is 13.1 Å². The van der Waals surface area contributed by atoms with Crippen molar-refractivity contribution in [3.63, 3.8) is 0 Å². The Morgan fingerprint density at radius 3 is 2.71 bits per heavy atom. The van der Waals surface area contributed by atoms with Gasteiger partial charge in [0.1, 0.15) is 5.60 Å². The van der Waals surface area contributed by atoms with Gasteiger partial charge in [-0.2, -0.15) is 0 Å². The van der Waals surface area contributed by atoms with Crippen molar-refractivity contribution in [1.29, 1.82) is 0 Å². The van der Waals surface area contributed by atoms with Crippen LogP contribution in [0.3, 0.4) is 0 Å². The van der Waals surface area contributed by atoms with Crippen molar-refractivity contribution in [1.82, 2.24) is 10.2 Å². The quantitative estimate of drug-likeness (QED) is 0.914. The van der Waals surface area contributed by atoms with E-state index in [0.717, 1.165) is 16.9 Å². The zero-order valence-corrected chi connectivity index (χ0v) is 13.8. The Morgan fingerprint density at radius 2 is 2.14 bits per heavy atom. The first-order valence-electron chi connectivity index (χ1n) is 7.09. The van der Waals surface area contributed by atoms with Crippen LogP contribution in [0.2, 0.25) is 0 Å². The lowest BCUT2D eigenvalue weighted by Gasteiger charge is -2.24. The minimum atomic E-state index is -0.494. The van der Waals surface area contributed by atoms with Gasteiger partial charge in [0, 0.05) is 19.1 Å². The van der Waals surface area contributed by atoms with Crippen molar-refractivity contribution < 1.29 is 14.3 Å². The molecule has 1 aromatic heterocycles. The molecule has 0 aromatic carbocycles. The zero-order valence-electron chi connectivity index (χ0n) is 12.9. The lowest BCUT2D eigenvalue weighted by atomic mass is 10.2. The molecule has 0 radical (unpaired) electrons. The second-order valence-corrected chi connectivity index (χ2v) is 7.23. The highest BCUT2D eigenvalue weighted by molar-refractivity contribution is 7.12. The van der Waals surface area contributed by atoms with E-state index in [0.29, 0.717) is 13.1 Å². The van der Waals surface area contributed by atoms with Gasteiger partial charge in [0.05, 0.1) is 4.88 Å². The maximum absolute atomic E-state index is 12.2. The Bertz CT molecular complexity index is 533. The highest BCUT2D eigenvalue weighted by Gasteiger charge is 2.30. The molecule has 2 amide bonds. The average molecular weight is 310 g/mol. The van der Waals surface area contributed by atoms with Crippen LogP contribution in [0.1, 0.15) is 42.4 Å². The van der Waals surface area contributed by atoms with Crippen molar-refractivity contribution in [2.45, 2.75) is 45.8 Å². The van der Waals surface area contributed by atoms with Crippen molar-refractivity contribution in [2.24, 2.45) is 0 Å². The molecule has 0 aliphatic carbocycles. The minimum absolute atomic E-state index is 0.00785. The van der Waals surface area contributed by atoms with Gasteiger partial charge in [-0.15, -0.1) is 11.3 Å². The zero-order chi connectivity index (χ0) is 15.6. The molecule has 1 N–H and O–H groups in total. The lowest BCUT2D eigenvalue weighted by Crippen LogP contribution is -2.40. The third-order valence-corrected chi connectivity index (χ3v) is 4.26. The molecule has 1 aliphatic heterocycles. The first-order chi connectivity index (χ1) is 9.76. The van der Waals surface area contributed by atoms with Crippen LogP contribution in [-0.2, 0) is 4.74 Å². The highest BCUT2D eigenvalue weighted by atomic mass is 32.1. The molecule has 1 atom stereocenters.